The molecular formula is C26H37N5O3S. The van der Waals surface area contributed by atoms with E-state index in [2.05, 4.69) is 39.8 Å². The number of hydrogen-bond donors (Lipinski definition) is 2. The summed E-state index contributed by atoms with van der Waals surface area (Å²) in [6.45, 7) is 5.31. The smallest absolute Gasteiger partial charge is 0.221 e. The second-order valence-electron chi connectivity index (χ2n) is 8.56. The summed E-state index contributed by atoms with van der Waals surface area (Å²) in [6, 6.07) is 16.5. The number of rotatable bonds is 16. The van der Waals surface area contributed by atoms with Crippen molar-refractivity contribution in [2.75, 3.05) is 25.0 Å². The van der Waals surface area contributed by atoms with E-state index in [1.54, 1.807) is 42.1 Å². The first-order valence-corrected chi connectivity index (χ1v) is 14.0. The molecule has 0 bridgehead atoms. The van der Waals surface area contributed by atoms with E-state index in [-0.39, 0.29) is 16.5 Å². The molecule has 2 aromatic carbocycles. The van der Waals surface area contributed by atoms with Crippen LogP contribution in [-0.2, 0) is 29.2 Å². The van der Waals surface area contributed by atoms with Gasteiger partial charge in [-0.2, -0.15) is 10.1 Å². The summed E-state index contributed by atoms with van der Waals surface area (Å²) in [5, 5.41) is 11.0. The van der Waals surface area contributed by atoms with Crippen molar-refractivity contribution < 1.29 is 13.2 Å². The Hall–Kier alpha value is -2.91. The van der Waals surface area contributed by atoms with Crippen LogP contribution in [-0.4, -0.2) is 42.9 Å². The van der Waals surface area contributed by atoms with Gasteiger partial charge in [0.25, 0.3) is 0 Å². The summed E-state index contributed by atoms with van der Waals surface area (Å²) in [5.41, 5.74) is 1.22. The first-order chi connectivity index (χ1) is 17.0. The van der Waals surface area contributed by atoms with Gasteiger partial charge in [-0.05, 0) is 49.2 Å². The maximum absolute atomic E-state index is 12.6. The van der Waals surface area contributed by atoms with Crippen LogP contribution in [0.3, 0.4) is 0 Å². The summed E-state index contributed by atoms with van der Waals surface area (Å²) in [5.74, 6) is 1.43. The monoisotopic (exact) mass is 499 g/mol. The SMILES string of the molecule is CCCCCCNCc1cccc(OCCCNc2nc(CS(=O)(=O)c3ccccc3)nn2C)c1. The highest BCUT2D eigenvalue weighted by molar-refractivity contribution is 7.90. The molecule has 0 atom stereocenters. The summed E-state index contributed by atoms with van der Waals surface area (Å²) in [4.78, 5) is 4.62. The van der Waals surface area contributed by atoms with Crippen LogP contribution in [0.2, 0.25) is 0 Å². The Kier molecular flexibility index (Phi) is 10.6. The maximum atomic E-state index is 12.6. The highest BCUT2D eigenvalue weighted by Crippen LogP contribution is 2.16. The van der Waals surface area contributed by atoms with Crippen LogP contribution in [0, 0.1) is 0 Å². The summed E-state index contributed by atoms with van der Waals surface area (Å²) >= 11 is 0. The van der Waals surface area contributed by atoms with Gasteiger partial charge in [0.2, 0.25) is 5.95 Å². The number of hydrogen-bond acceptors (Lipinski definition) is 7. The Morgan fingerprint density at radius 3 is 2.60 bits per heavy atom. The molecule has 8 nitrogen and oxygen atoms in total. The van der Waals surface area contributed by atoms with Crippen LogP contribution < -0.4 is 15.4 Å². The lowest BCUT2D eigenvalue weighted by Gasteiger charge is -2.10. The third-order valence-electron chi connectivity index (χ3n) is 5.54. The Morgan fingerprint density at radius 1 is 0.971 bits per heavy atom. The molecule has 2 N–H and O–H groups in total. The van der Waals surface area contributed by atoms with Gasteiger partial charge in [-0.3, -0.25) is 0 Å². The number of benzene rings is 2. The maximum Gasteiger partial charge on any atom is 0.221 e. The van der Waals surface area contributed by atoms with Crippen molar-refractivity contribution in [2.24, 2.45) is 7.05 Å². The van der Waals surface area contributed by atoms with Crippen LogP contribution in [0.4, 0.5) is 5.95 Å². The molecule has 0 saturated carbocycles. The van der Waals surface area contributed by atoms with E-state index in [0.29, 0.717) is 19.1 Å². The molecule has 0 aliphatic heterocycles. The van der Waals surface area contributed by atoms with Gasteiger partial charge in [0.15, 0.2) is 15.7 Å². The minimum atomic E-state index is -3.48. The molecule has 35 heavy (non-hydrogen) atoms. The van der Waals surface area contributed by atoms with Gasteiger partial charge in [0, 0.05) is 20.1 Å². The van der Waals surface area contributed by atoms with E-state index < -0.39 is 9.84 Å². The quantitative estimate of drug-likeness (QED) is 0.283. The molecule has 190 valence electrons. The first-order valence-electron chi connectivity index (χ1n) is 12.3. The first kappa shape index (κ1) is 26.7. The molecule has 1 aromatic heterocycles. The largest absolute Gasteiger partial charge is 0.494 e. The molecule has 3 rings (SSSR count). The van der Waals surface area contributed by atoms with Crippen molar-refractivity contribution in [3.05, 3.63) is 66.0 Å². The molecule has 3 aromatic rings. The number of nitrogens with zero attached hydrogens (tertiary/aromatic N) is 3. The molecule has 0 amide bonds. The molecule has 0 aliphatic rings. The summed E-state index contributed by atoms with van der Waals surface area (Å²) < 4.78 is 32.6. The summed E-state index contributed by atoms with van der Waals surface area (Å²) in [6.07, 6.45) is 5.82. The van der Waals surface area contributed by atoms with Gasteiger partial charge < -0.3 is 15.4 Å². The second kappa shape index (κ2) is 13.8. The number of nitrogens with one attached hydrogen (secondary N) is 2. The van der Waals surface area contributed by atoms with Gasteiger partial charge in [-0.1, -0.05) is 56.5 Å². The molecule has 1 heterocycles. The third-order valence-corrected chi connectivity index (χ3v) is 7.16. The Morgan fingerprint density at radius 2 is 1.80 bits per heavy atom. The topological polar surface area (TPSA) is 98.1 Å². The zero-order valence-corrected chi connectivity index (χ0v) is 21.6. The van der Waals surface area contributed by atoms with Crippen LogP contribution >= 0.6 is 0 Å². The van der Waals surface area contributed by atoms with E-state index in [1.807, 2.05) is 12.1 Å². The van der Waals surface area contributed by atoms with Crippen molar-refractivity contribution in [1.29, 1.82) is 0 Å². The average molecular weight is 500 g/mol. The minimum Gasteiger partial charge on any atom is -0.494 e. The standard InChI is InChI=1S/C26H37N5O3S/c1-3-4-5-9-16-27-20-22-12-10-13-23(19-22)34-18-11-17-28-26-29-25(30-31(26)2)21-35(32,33)24-14-7-6-8-15-24/h6-8,10,12-15,19,27H,3-5,9,11,16-18,20-21H2,1-2H3,(H,28,29,30). The minimum absolute atomic E-state index is 0.237. The normalized spacial score (nSPS) is 11.5. The highest BCUT2D eigenvalue weighted by Gasteiger charge is 2.19. The lowest BCUT2D eigenvalue weighted by Crippen LogP contribution is -2.14. The Bertz CT molecular complexity index is 1130. The van der Waals surface area contributed by atoms with E-state index in [4.69, 9.17) is 4.74 Å². The van der Waals surface area contributed by atoms with E-state index in [9.17, 15) is 8.42 Å². The van der Waals surface area contributed by atoms with Crippen molar-refractivity contribution in [1.82, 2.24) is 20.1 Å². The molecule has 0 unspecified atom stereocenters. The third kappa shape index (κ3) is 8.99. The van der Waals surface area contributed by atoms with Gasteiger partial charge in [0.05, 0.1) is 11.5 Å². The fourth-order valence-corrected chi connectivity index (χ4v) is 4.85. The molecule has 0 radical (unpaired) electrons. The van der Waals surface area contributed by atoms with E-state index >= 15 is 0 Å². The van der Waals surface area contributed by atoms with Gasteiger partial charge in [-0.25, -0.2) is 13.1 Å². The van der Waals surface area contributed by atoms with Crippen LogP contribution in [0.25, 0.3) is 0 Å². The van der Waals surface area contributed by atoms with Crippen LogP contribution in [0.5, 0.6) is 5.75 Å². The Labute approximate surface area is 209 Å². The van der Waals surface area contributed by atoms with Crippen LogP contribution in [0.15, 0.2) is 59.5 Å². The number of aromatic nitrogens is 3. The van der Waals surface area contributed by atoms with Crippen molar-refractivity contribution >= 4 is 15.8 Å². The highest BCUT2D eigenvalue weighted by atomic mass is 32.2. The fourth-order valence-electron chi connectivity index (χ4n) is 3.65. The number of unbranched alkanes of at least 4 members (excludes halogenated alkanes) is 3. The molecule has 0 aliphatic carbocycles. The number of sulfone groups is 1. The van der Waals surface area contributed by atoms with Gasteiger partial charge in [-0.15, -0.1) is 0 Å². The zero-order chi connectivity index (χ0) is 24.9. The molecule has 0 spiro atoms. The van der Waals surface area contributed by atoms with E-state index in [1.165, 1.54) is 31.2 Å². The van der Waals surface area contributed by atoms with Crippen molar-refractivity contribution in [3.63, 3.8) is 0 Å². The van der Waals surface area contributed by atoms with E-state index in [0.717, 1.165) is 25.3 Å². The van der Waals surface area contributed by atoms with Crippen LogP contribution in [0.1, 0.15) is 50.4 Å². The molecular weight excluding hydrogens is 462 g/mol. The van der Waals surface area contributed by atoms with Crippen molar-refractivity contribution in [2.45, 2.75) is 56.2 Å². The predicted molar refractivity (Wildman–Crippen MR) is 139 cm³/mol. The lowest BCUT2D eigenvalue weighted by atomic mass is 10.2. The zero-order valence-electron chi connectivity index (χ0n) is 20.7. The van der Waals surface area contributed by atoms with Gasteiger partial charge >= 0.3 is 0 Å². The summed E-state index contributed by atoms with van der Waals surface area (Å²) in [7, 11) is -1.74. The predicted octanol–water partition coefficient (Wildman–Crippen LogP) is 4.34. The molecule has 0 fully saturated rings. The lowest BCUT2D eigenvalue weighted by molar-refractivity contribution is 0.314. The van der Waals surface area contributed by atoms with Gasteiger partial charge in [0.1, 0.15) is 11.5 Å². The second-order valence-corrected chi connectivity index (χ2v) is 10.6. The number of ether oxygens (including phenoxy) is 1. The number of aryl methyl sites for hydroxylation is 1. The molecule has 9 heteroatoms. The Balaban J connectivity index is 1.38. The molecule has 0 saturated heterocycles. The van der Waals surface area contributed by atoms with Crippen molar-refractivity contribution in [3.8, 4) is 5.75 Å². The fraction of sp³-hybridized carbons (Fsp3) is 0.462. The number of anilines is 1. The average Bonchev–Trinajstić information content (AvgIpc) is 3.20.